The van der Waals surface area contributed by atoms with Crippen molar-refractivity contribution in [3.05, 3.63) is 65.6 Å². The number of anilines is 1. The normalized spacial score (nSPS) is 18.6. The van der Waals surface area contributed by atoms with Gasteiger partial charge in [-0.3, -0.25) is 4.31 Å². The minimum Gasteiger partial charge on any atom is -0.497 e. The van der Waals surface area contributed by atoms with Crippen LogP contribution >= 0.6 is 0 Å². The van der Waals surface area contributed by atoms with Crippen LogP contribution in [0.4, 0.5) is 5.69 Å². The van der Waals surface area contributed by atoms with Crippen LogP contribution in [-0.2, 0) is 19.9 Å². The highest BCUT2D eigenvalue weighted by molar-refractivity contribution is 7.95. The van der Waals surface area contributed by atoms with Crippen LogP contribution in [0.15, 0.2) is 64.9 Å². The van der Waals surface area contributed by atoms with Crippen molar-refractivity contribution in [1.82, 2.24) is 0 Å². The molecule has 6 nitrogen and oxygen atoms in total. The molecule has 0 unspecified atom stereocenters. The minimum atomic E-state index is -3.95. The van der Waals surface area contributed by atoms with Crippen LogP contribution in [0.1, 0.15) is 5.56 Å². The summed E-state index contributed by atoms with van der Waals surface area (Å²) >= 11 is 0. The zero-order valence-electron chi connectivity index (χ0n) is 14.4. The molecular formula is C18H19NO5S2. The van der Waals surface area contributed by atoms with Crippen molar-refractivity contribution >= 4 is 25.5 Å². The van der Waals surface area contributed by atoms with Crippen molar-refractivity contribution in [3.63, 3.8) is 0 Å². The Bertz CT molecular complexity index is 1020. The van der Waals surface area contributed by atoms with Crippen LogP contribution in [-0.4, -0.2) is 35.7 Å². The van der Waals surface area contributed by atoms with Gasteiger partial charge in [0.15, 0.2) is 9.84 Å². The summed E-state index contributed by atoms with van der Waals surface area (Å²) in [7, 11) is -5.85. The molecule has 3 rings (SSSR count). The highest BCUT2D eigenvalue weighted by atomic mass is 32.2. The van der Waals surface area contributed by atoms with Gasteiger partial charge in [-0.05, 0) is 49.4 Å². The number of nitrogens with zero attached hydrogens (tertiary/aromatic N) is 1. The standard InChI is InChI=1S/C18H19NO5S2/c1-14-3-9-18(10-4-14)26(22,23)19(16-11-12-25(20,21)13-16)15-5-7-17(24-2)8-6-15/h3-12,16H,13H2,1-2H3/t16-/m1/s1. The zero-order valence-corrected chi connectivity index (χ0v) is 16.0. The summed E-state index contributed by atoms with van der Waals surface area (Å²) < 4.78 is 56.5. The van der Waals surface area contributed by atoms with E-state index in [-0.39, 0.29) is 10.6 Å². The quantitative estimate of drug-likeness (QED) is 0.780. The Labute approximate surface area is 153 Å². The lowest BCUT2D eigenvalue weighted by Gasteiger charge is -2.29. The summed E-state index contributed by atoms with van der Waals surface area (Å²) in [6.07, 6.45) is 1.41. The minimum absolute atomic E-state index is 0.108. The first-order valence-electron chi connectivity index (χ1n) is 7.89. The number of sulfonamides is 1. The van der Waals surface area contributed by atoms with Gasteiger partial charge in [0, 0.05) is 5.41 Å². The second kappa shape index (κ2) is 6.77. The van der Waals surface area contributed by atoms with E-state index in [1.165, 1.54) is 25.3 Å². The second-order valence-corrected chi connectivity index (χ2v) is 9.78. The van der Waals surface area contributed by atoms with E-state index < -0.39 is 25.9 Å². The summed E-state index contributed by atoms with van der Waals surface area (Å²) in [5, 5.41) is 1.07. The van der Waals surface area contributed by atoms with Gasteiger partial charge < -0.3 is 4.74 Å². The molecule has 2 aromatic rings. The molecule has 1 aliphatic rings. The highest BCUT2D eigenvalue weighted by Crippen LogP contribution is 2.31. The summed E-state index contributed by atoms with van der Waals surface area (Å²) in [4.78, 5) is 0.108. The van der Waals surface area contributed by atoms with Crippen LogP contribution in [0.5, 0.6) is 5.75 Å². The fourth-order valence-electron chi connectivity index (χ4n) is 2.77. The number of aryl methyl sites for hydroxylation is 1. The van der Waals surface area contributed by atoms with Crippen LogP contribution in [0.3, 0.4) is 0 Å². The lowest BCUT2D eigenvalue weighted by Crippen LogP contribution is -2.41. The van der Waals surface area contributed by atoms with E-state index in [1.54, 1.807) is 36.4 Å². The Balaban J connectivity index is 2.10. The number of ether oxygens (including phenoxy) is 1. The molecule has 2 aromatic carbocycles. The van der Waals surface area contributed by atoms with Crippen LogP contribution in [0, 0.1) is 6.92 Å². The van der Waals surface area contributed by atoms with E-state index in [9.17, 15) is 16.8 Å². The molecule has 0 radical (unpaired) electrons. The Morgan fingerprint density at radius 2 is 1.65 bits per heavy atom. The molecule has 0 bridgehead atoms. The van der Waals surface area contributed by atoms with Gasteiger partial charge in [-0.1, -0.05) is 17.7 Å². The number of benzene rings is 2. The Kier molecular flexibility index (Phi) is 4.81. The lowest BCUT2D eigenvalue weighted by molar-refractivity contribution is 0.415. The van der Waals surface area contributed by atoms with Crippen molar-refractivity contribution in [2.24, 2.45) is 0 Å². The molecule has 0 fully saturated rings. The Morgan fingerprint density at radius 3 is 2.15 bits per heavy atom. The first-order valence-corrected chi connectivity index (χ1v) is 11.0. The third-order valence-corrected chi connectivity index (χ3v) is 7.36. The smallest absolute Gasteiger partial charge is 0.264 e. The lowest BCUT2D eigenvalue weighted by atomic mass is 10.2. The second-order valence-electron chi connectivity index (χ2n) is 6.04. The number of rotatable bonds is 5. The van der Waals surface area contributed by atoms with E-state index in [1.807, 2.05) is 6.92 Å². The molecule has 0 amide bonds. The van der Waals surface area contributed by atoms with Gasteiger partial charge in [0.2, 0.25) is 0 Å². The molecule has 0 saturated heterocycles. The van der Waals surface area contributed by atoms with Crippen molar-refractivity contribution in [2.45, 2.75) is 17.9 Å². The van der Waals surface area contributed by atoms with E-state index in [4.69, 9.17) is 4.74 Å². The average molecular weight is 393 g/mol. The van der Waals surface area contributed by atoms with Gasteiger partial charge in [0.25, 0.3) is 10.0 Å². The molecule has 0 N–H and O–H groups in total. The predicted molar refractivity (Wildman–Crippen MR) is 101 cm³/mol. The molecule has 138 valence electrons. The molecule has 8 heteroatoms. The maximum atomic E-state index is 13.3. The third kappa shape index (κ3) is 3.61. The van der Waals surface area contributed by atoms with E-state index in [0.717, 1.165) is 15.3 Å². The Morgan fingerprint density at radius 1 is 1.04 bits per heavy atom. The molecule has 1 aliphatic heterocycles. The molecule has 0 aliphatic carbocycles. The van der Waals surface area contributed by atoms with Gasteiger partial charge >= 0.3 is 0 Å². The van der Waals surface area contributed by atoms with Gasteiger partial charge in [-0.15, -0.1) is 0 Å². The van der Waals surface area contributed by atoms with E-state index in [2.05, 4.69) is 0 Å². The highest BCUT2D eigenvalue weighted by Gasteiger charge is 2.35. The molecule has 1 atom stereocenters. The van der Waals surface area contributed by atoms with E-state index in [0.29, 0.717) is 11.4 Å². The molecule has 0 saturated carbocycles. The molecule has 1 heterocycles. The van der Waals surface area contributed by atoms with E-state index >= 15 is 0 Å². The third-order valence-electron chi connectivity index (χ3n) is 4.12. The monoisotopic (exact) mass is 393 g/mol. The maximum absolute atomic E-state index is 13.3. The maximum Gasteiger partial charge on any atom is 0.264 e. The van der Waals surface area contributed by atoms with Gasteiger partial charge in [-0.2, -0.15) is 0 Å². The summed E-state index contributed by atoms with van der Waals surface area (Å²) in [5.41, 5.74) is 1.31. The number of hydrogen-bond acceptors (Lipinski definition) is 5. The SMILES string of the molecule is COc1ccc(N([C@@H]2C=CS(=O)(=O)C2)S(=O)(=O)c2ccc(C)cc2)cc1. The van der Waals surface area contributed by atoms with Crippen molar-refractivity contribution in [2.75, 3.05) is 17.2 Å². The summed E-state index contributed by atoms with van der Waals surface area (Å²) in [6, 6.07) is 12.1. The van der Waals surface area contributed by atoms with Crippen LogP contribution in [0.25, 0.3) is 0 Å². The predicted octanol–water partition coefficient (Wildman–Crippen LogP) is 2.51. The molecule has 0 spiro atoms. The first kappa shape index (κ1) is 18.5. The fraction of sp³-hybridized carbons (Fsp3) is 0.222. The number of hydrogen-bond donors (Lipinski definition) is 0. The summed E-state index contributed by atoms with van der Waals surface area (Å²) in [5.74, 6) is 0.292. The largest absolute Gasteiger partial charge is 0.497 e. The van der Waals surface area contributed by atoms with Crippen molar-refractivity contribution < 1.29 is 21.6 Å². The topological polar surface area (TPSA) is 80.8 Å². The fourth-order valence-corrected chi connectivity index (χ4v) is 5.74. The molecule has 26 heavy (non-hydrogen) atoms. The van der Waals surface area contributed by atoms with Crippen molar-refractivity contribution in [3.8, 4) is 5.75 Å². The molecular weight excluding hydrogens is 374 g/mol. The zero-order chi connectivity index (χ0) is 18.9. The average Bonchev–Trinajstić information content (AvgIpc) is 2.95. The van der Waals surface area contributed by atoms with Gasteiger partial charge in [0.05, 0.1) is 29.5 Å². The van der Waals surface area contributed by atoms with Crippen LogP contribution in [0.2, 0.25) is 0 Å². The van der Waals surface area contributed by atoms with Gasteiger partial charge in [-0.25, -0.2) is 16.8 Å². The van der Waals surface area contributed by atoms with Crippen molar-refractivity contribution in [1.29, 1.82) is 0 Å². The number of sulfone groups is 1. The Hall–Kier alpha value is -2.32. The summed E-state index contributed by atoms with van der Waals surface area (Å²) in [6.45, 7) is 1.87. The van der Waals surface area contributed by atoms with Gasteiger partial charge in [0.1, 0.15) is 5.75 Å². The molecule has 0 aromatic heterocycles. The van der Waals surface area contributed by atoms with Crippen LogP contribution < -0.4 is 9.04 Å². The first-order chi connectivity index (χ1) is 12.2. The number of methoxy groups -OCH3 is 1.